The van der Waals surface area contributed by atoms with Crippen LogP contribution in [0, 0.1) is 0 Å². The monoisotopic (exact) mass is 264 g/mol. The zero-order chi connectivity index (χ0) is 12.8. The topological polar surface area (TPSA) is 42.2 Å². The smallest absolute Gasteiger partial charge is 0.195 e. The highest BCUT2D eigenvalue weighted by atomic mass is 32.2. The molecule has 0 aliphatic rings. The van der Waals surface area contributed by atoms with Crippen LogP contribution < -0.4 is 5.32 Å². The second-order valence-electron chi connectivity index (χ2n) is 4.27. The second-order valence-corrected chi connectivity index (χ2v) is 5.25. The molecule has 2 aromatic heterocycles. The highest BCUT2D eigenvalue weighted by molar-refractivity contribution is 7.99. The molecular formula is C13H20N4S. The number of nitrogens with one attached hydrogen (secondary N) is 1. The average Bonchev–Trinajstić information content (AvgIpc) is 2.80. The lowest BCUT2D eigenvalue weighted by Crippen LogP contribution is -2.30. The van der Waals surface area contributed by atoms with Crippen molar-refractivity contribution in [2.75, 3.05) is 12.3 Å². The van der Waals surface area contributed by atoms with Crippen molar-refractivity contribution >= 4 is 17.4 Å². The molecule has 4 nitrogen and oxygen atoms in total. The minimum Gasteiger partial charge on any atom is -0.313 e. The van der Waals surface area contributed by atoms with Crippen LogP contribution in [-0.4, -0.2) is 32.9 Å². The molecule has 0 saturated carbocycles. The molecule has 2 rings (SSSR count). The van der Waals surface area contributed by atoms with Gasteiger partial charge in [-0.1, -0.05) is 38.1 Å². The molecule has 0 fully saturated rings. The summed E-state index contributed by atoms with van der Waals surface area (Å²) >= 11 is 1.77. The quantitative estimate of drug-likeness (QED) is 0.781. The minimum atomic E-state index is 0.557. The lowest BCUT2D eigenvalue weighted by atomic mass is 10.2. The summed E-state index contributed by atoms with van der Waals surface area (Å²) in [5.74, 6) is 1.04. The molecule has 1 atom stereocenters. The first-order chi connectivity index (χ1) is 8.85. The Balaban J connectivity index is 2.00. The summed E-state index contributed by atoms with van der Waals surface area (Å²) in [6, 6.07) is 6.52. The van der Waals surface area contributed by atoms with E-state index in [4.69, 9.17) is 0 Å². The minimum absolute atomic E-state index is 0.557. The van der Waals surface area contributed by atoms with Crippen molar-refractivity contribution in [2.45, 2.75) is 37.9 Å². The van der Waals surface area contributed by atoms with Gasteiger partial charge < -0.3 is 5.32 Å². The number of hydrogen-bond donors (Lipinski definition) is 1. The van der Waals surface area contributed by atoms with Crippen molar-refractivity contribution in [3.8, 4) is 0 Å². The Morgan fingerprint density at radius 3 is 3.00 bits per heavy atom. The Hall–Kier alpha value is -1.07. The number of fused-ring (bicyclic) bond motifs is 1. The van der Waals surface area contributed by atoms with Crippen molar-refractivity contribution in [3.63, 3.8) is 0 Å². The van der Waals surface area contributed by atoms with Crippen LogP contribution in [0.3, 0.4) is 0 Å². The van der Waals surface area contributed by atoms with Crippen LogP contribution >= 0.6 is 11.8 Å². The molecule has 2 aromatic rings. The van der Waals surface area contributed by atoms with Gasteiger partial charge in [-0.15, -0.1) is 10.2 Å². The molecule has 0 aliphatic heterocycles. The number of thioether (sulfide) groups is 1. The number of nitrogens with zero attached hydrogens (tertiary/aromatic N) is 3. The van der Waals surface area contributed by atoms with E-state index < -0.39 is 0 Å². The molecule has 0 saturated heterocycles. The summed E-state index contributed by atoms with van der Waals surface area (Å²) in [7, 11) is 0. The Morgan fingerprint density at radius 1 is 1.33 bits per heavy atom. The number of pyridine rings is 1. The maximum absolute atomic E-state index is 4.24. The first-order valence-corrected chi connectivity index (χ1v) is 7.49. The van der Waals surface area contributed by atoms with E-state index >= 15 is 0 Å². The Kier molecular flexibility index (Phi) is 5.01. The molecule has 0 radical (unpaired) electrons. The largest absolute Gasteiger partial charge is 0.313 e. The van der Waals surface area contributed by atoms with Gasteiger partial charge >= 0.3 is 0 Å². The van der Waals surface area contributed by atoms with Crippen molar-refractivity contribution < 1.29 is 0 Å². The lowest BCUT2D eigenvalue weighted by Gasteiger charge is -2.15. The Labute approximate surface area is 112 Å². The standard InChI is InChI=1S/C13H20N4S/c1-3-7-11(14-4-2)10-18-13-16-15-12-8-5-6-9-17(12)13/h5-6,8-9,11,14H,3-4,7,10H2,1-2H3. The third-order valence-electron chi connectivity index (χ3n) is 2.83. The average molecular weight is 264 g/mol. The maximum atomic E-state index is 4.24. The fourth-order valence-electron chi connectivity index (χ4n) is 1.97. The van der Waals surface area contributed by atoms with Gasteiger partial charge in [0.2, 0.25) is 0 Å². The van der Waals surface area contributed by atoms with Gasteiger partial charge in [-0.25, -0.2) is 0 Å². The molecule has 1 unspecified atom stereocenters. The molecule has 0 bridgehead atoms. The third-order valence-corrected chi connectivity index (χ3v) is 3.93. The van der Waals surface area contributed by atoms with Gasteiger partial charge in [0.1, 0.15) is 0 Å². The van der Waals surface area contributed by atoms with Gasteiger partial charge in [0, 0.05) is 18.0 Å². The molecular weight excluding hydrogens is 244 g/mol. The second kappa shape index (κ2) is 6.75. The summed E-state index contributed by atoms with van der Waals surface area (Å²) in [5, 5.41) is 12.9. The fourth-order valence-corrected chi connectivity index (χ4v) is 3.00. The molecule has 0 amide bonds. The maximum Gasteiger partial charge on any atom is 0.195 e. The van der Waals surface area contributed by atoms with Crippen LogP contribution in [0.25, 0.3) is 5.65 Å². The zero-order valence-corrected chi connectivity index (χ0v) is 11.8. The zero-order valence-electron chi connectivity index (χ0n) is 11.0. The lowest BCUT2D eigenvalue weighted by molar-refractivity contribution is 0.531. The normalized spacial score (nSPS) is 13.0. The Bertz CT molecular complexity index is 477. The third kappa shape index (κ3) is 3.23. The predicted octanol–water partition coefficient (Wildman–Crippen LogP) is 2.60. The fraction of sp³-hybridized carbons (Fsp3) is 0.538. The number of hydrogen-bond acceptors (Lipinski definition) is 4. The van der Waals surface area contributed by atoms with E-state index in [0.717, 1.165) is 23.1 Å². The van der Waals surface area contributed by atoms with E-state index in [1.165, 1.54) is 12.8 Å². The summed E-state index contributed by atoms with van der Waals surface area (Å²) in [5.41, 5.74) is 0.912. The Morgan fingerprint density at radius 2 is 2.22 bits per heavy atom. The SMILES string of the molecule is CCCC(CSc1nnc2ccccn12)NCC. The van der Waals surface area contributed by atoms with Crippen molar-refractivity contribution in [1.29, 1.82) is 0 Å². The van der Waals surface area contributed by atoms with Gasteiger partial charge in [0.25, 0.3) is 0 Å². The summed E-state index contributed by atoms with van der Waals surface area (Å²) < 4.78 is 2.04. The summed E-state index contributed by atoms with van der Waals surface area (Å²) in [4.78, 5) is 0. The van der Waals surface area contributed by atoms with Crippen LogP contribution in [0.4, 0.5) is 0 Å². The highest BCUT2D eigenvalue weighted by Gasteiger charge is 2.10. The van der Waals surface area contributed by atoms with E-state index in [2.05, 4.69) is 29.4 Å². The molecule has 5 heteroatoms. The molecule has 0 aliphatic carbocycles. The van der Waals surface area contributed by atoms with Gasteiger partial charge in [-0.2, -0.15) is 0 Å². The van der Waals surface area contributed by atoms with Crippen LogP contribution in [0.1, 0.15) is 26.7 Å². The molecule has 0 aromatic carbocycles. The highest BCUT2D eigenvalue weighted by Crippen LogP contribution is 2.18. The van der Waals surface area contributed by atoms with E-state index in [-0.39, 0.29) is 0 Å². The van der Waals surface area contributed by atoms with E-state index in [1.54, 1.807) is 11.8 Å². The van der Waals surface area contributed by atoms with Gasteiger partial charge in [-0.05, 0) is 25.1 Å². The van der Waals surface area contributed by atoms with E-state index in [0.29, 0.717) is 6.04 Å². The summed E-state index contributed by atoms with van der Waals surface area (Å²) in [6.07, 6.45) is 4.43. The van der Waals surface area contributed by atoms with Crippen LogP contribution in [0.2, 0.25) is 0 Å². The summed E-state index contributed by atoms with van der Waals surface area (Å²) in [6.45, 7) is 5.40. The van der Waals surface area contributed by atoms with Crippen molar-refractivity contribution in [3.05, 3.63) is 24.4 Å². The number of aromatic nitrogens is 3. The number of rotatable bonds is 7. The molecule has 18 heavy (non-hydrogen) atoms. The van der Waals surface area contributed by atoms with Gasteiger partial charge in [0.05, 0.1) is 0 Å². The predicted molar refractivity (Wildman–Crippen MR) is 76.1 cm³/mol. The van der Waals surface area contributed by atoms with Gasteiger partial charge in [-0.3, -0.25) is 4.40 Å². The molecule has 1 N–H and O–H groups in total. The van der Waals surface area contributed by atoms with Crippen LogP contribution in [-0.2, 0) is 0 Å². The van der Waals surface area contributed by atoms with Crippen molar-refractivity contribution in [2.24, 2.45) is 0 Å². The first-order valence-electron chi connectivity index (χ1n) is 6.51. The van der Waals surface area contributed by atoms with Crippen LogP contribution in [0.15, 0.2) is 29.6 Å². The molecule has 0 spiro atoms. The molecule has 2 heterocycles. The van der Waals surface area contributed by atoms with Crippen molar-refractivity contribution in [1.82, 2.24) is 19.9 Å². The van der Waals surface area contributed by atoms with Gasteiger partial charge in [0.15, 0.2) is 10.8 Å². The van der Waals surface area contributed by atoms with E-state index in [9.17, 15) is 0 Å². The van der Waals surface area contributed by atoms with Crippen LogP contribution in [0.5, 0.6) is 0 Å². The molecule has 98 valence electrons. The van der Waals surface area contributed by atoms with E-state index in [1.807, 2.05) is 28.8 Å². The first kappa shape index (κ1) is 13.4.